The quantitative estimate of drug-likeness (QED) is 0.236. The number of nitrogens with two attached hydrogens (primary N) is 1. The molecule has 0 atom stereocenters. The maximum atomic E-state index is 13.4. The molecule has 4 rings (SSSR count). The number of alkyl halides is 3. The van der Waals surface area contributed by atoms with E-state index in [9.17, 15) is 13.2 Å². The smallest absolute Gasteiger partial charge is 0.395 e. The molecule has 1 heterocycles. The fourth-order valence-corrected chi connectivity index (χ4v) is 3.46. The molecule has 0 unspecified atom stereocenters. The largest absolute Gasteiger partial charge is 0.418 e. The minimum Gasteiger partial charge on any atom is -0.395 e. The maximum absolute atomic E-state index is 13.4. The number of nitrogen functional groups attached to an aromatic ring is 1. The van der Waals surface area contributed by atoms with Crippen LogP contribution in [0.2, 0.25) is 0 Å². The molecule has 0 bridgehead atoms. The number of rotatable bonds is 6. The molecule has 36 heavy (non-hydrogen) atoms. The first-order valence-corrected chi connectivity index (χ1v) is 11.2. The highest BCUT2D eigenvalue weighted by atomic mass is 19.4. The Labute approximate surface area is 207 Å². The van der Waals surface area contributed by atoms with Gasteiger partial charge in [-0.1, -0.05) is 47.5 Å². The monoisotopic (exact) mass is 490 g/mol. The standard InChI is InChI=1S/C27H25F3N6/c1-16-8-12-19(13-9-16)32-25-23(31)18(3)24(26(34-25)33-20-14-10-17(2)11-15-20)36-35-22-7-5-4-6-21(22)27(28,29)30/h4-15H,31H2,1-3H3,(H2,32,33,34)/b36-35+. The lowest BCUT2D eigenvalue weighted by molar-refractivity contribution is -0.137. The molecular formula is C27H25F3N6. The predicted molar refractivity (Wildman–Crippen MR) is 138 cm³/mol. The summed E-state index contributed by atoms with van der Waals surface area (Å²) >= 11 is 0. The van der Waals surface area contributed by atoms with Gasteiger partial charge in [-0.3, -0.25) is 0 Å². The summed E-state index contributed by atoms with van der Waals surface area (Å²) in [5.74, 6) is 0.689. The normalized spacial score (nSPS) is 11.6. The topological polar surface area (TPSA) is 87.7 Å². The lowest BCUT2D eigenvalue weighted by Crippen LogP contribution is -2.05. The highest BCUT2D eigenvalue weighted by Gasteiger charge is 2.33. The summed E-state index contributed by atoms with van der Waals surface area (Å²) in [4.78, 5) is 4.63. The van der Waals surface area contributed by atoms with Gasteiger partial charge in [0.2, 0.25) is 0 Å². The molecule has 1 aromatic heterocycles. The zero-order chi connectivity index (χ0) is 25.9. The second-order valence-electron chi connectivity index (χ2n) is 8.39. The molecule has 0 spiro atoms. The maximum Gasteiger partial charge on any atom is 0.418 e. The van der Waals surface area contributed by atoms with Crippen molar-refractivity contribution in [2.45, 2.75) is 26.9 Å². The number of hydrogen-bond donors (Lipinski definition) is 3. The second-order valence-corrected chi connectivity index (χ2v) is 8.39. The Hall–Kier alpha value is -4.40. The first-order valence-electron chi connectivity index (χ1n) is 11.2. The molecule has 184 valence electrons. The summed E-state index contributed by atoms with van der Waals surface area (Å²) in [5, 5.41) is 14.5. The molecule has 3 aromatic carbocycles. The first-order chi connectivity index (χ1) is 17.1. The molecule has 0 saturated carbocycles. The molecule has 0 amide bonds. The van der Waals surface area contributed by atoms with Gasteiger partial charge in [0.15, 0.2) is 11.6 Å². The molecule has 0 saturated heterocycles. The van der Waals surface area contributed by atoms with Crippen molar-refractivity contribution >= 4 is 40.1 Å². The summed E-state index contributed by atoms with van der Waals surface area (Å²) in [7, 11) is 0. The molecule has 0 aliphatic heterocycles. The number of azo groups is 1. The van der Waals surface area contributed by atoms with Gasteiger partial charge in [-0.15, -0.1) is 10.2 Å². The van der Waals surface area contributed by atoms with Gasteiger partial charge < -0.3 is 16.4 Å². The van der Waals surface area contributed by atoms with Crippen molar-refractivity contribution < 1.29 is 13.2 Å². The molecule has 6 nitrogen and oxygen atoms in total. The Bertz CT molecular complexity index is 1400. The van der Waals surface area contributed by atoms with E-state index in [-0.39, 0.29) is 11.4 Å². The third-order valence-electron chi connectivity index (χ3n) is 5.56. The molecule has 4 N–H and O–H groups in total. The summed E-state index contributed by atoms with van der Waals surface area (Å²) in [6.07, 6.45) is -4.56. The summed E-state index contributed by atoms with van der Waals surface area (Å²) in [6, 6.07) is 20.3. The van der Waals surface area contributed by atoms with Crippen LogP contribution in [0.1, 0.15) is 22.3 Å². The molecule has 0 aliphatic rings. The number of anilines is 5. The van der Waals surface area contributed by atoms with Crippen LogP contribution >= 0.6 is 0 Å². The average molecular weight is 491 g/mol. The van der Waals surface area contributed by atoms with Gasteiger partial charge in [-0.2, -0.15) is 13.2 Å². The van der Waals surface area contributed by atoms with Crippen molar-refractivity contribution in [2.24, 2.45) is 10.2 Å². The SMILES string of the molecule is Cc1ccc(Nc2nc(Nc3ccc(C)cc3)c(/N=N/c3ccccc3C(F)(F)F)c(C)c2N)cc1. The van der Waals surface area contributed by atoms with Gasteiger partial charge in [0.05, 0.1) is 16.9 Å². The molecule has 9 heteroatoms. The van der Waals surface area contributed by atoms with Crippen molar-refractivity contribution in [1.82, 2.24) is 4.98 Å². The zero-order valence-corrected chi connectivity index (χ0v) is 20.0. The zero-order valence-electron chi connectivity index (χ0n) is 20.0. The van der Waals surface area contributed by atoms with E-state index in [4.69, 9.17) is 5.73 Å². The van der Waals surface area contributed by atoms with Gasteiger partial charge in [0.1, 0.15) is 5.69 Å². The van der Waals surface area contributed by atoms with Crippen LogP contribution in [-0.2, 0) is 6.18 Å². The number of hydrogen-bond acceptors (Lipinski definition) is 6. The number of pyridine rings is 1. The van der Waals surface area contributed by atoms with E-state index < -0.39 is 11.7 Å². The third kappa shape index (κ3) is 5.63. The van der Waals surface area contributed by atoms with Crippen molar-refractivity contribution in [3.05, 3.63) is 95.1 Å². The van der Waals surface area contributed by atoms with E-state index in [2.05, 4.69) is 25.8 Å². The van der Waals surface area contributed by atoms with Crippen LogP contribution in [-0.4, -0.2) is 4.98 Å². The second kappa shape index (κ2) is 10.1. The van der Waals surface area contributed by atoms with Crippen molar-refractivity contribution in [3.8, 4) is 0 Å². The molecule has 4 aromatic rings. The van der Waals surface area contributed by atoms with Crippen LogP contribution in [0.15, 0.2) is 83.0 Å². The first kappa shape index (κ1) is 24.7. The predicted octanol–water partition coefficient (Wildman–Crippen LogP) is 8.51. The van der Waals surface area contributed by atoms with E-state index in [1.54, 1.807) is 6.92 Å². The Morgan fingerprint density at radius 1 is 0.722 bits per heavy atom. The summed E-state index contributed by atoms with van der Waals surface area (Å²) < 4.78 is 40.3. The van der Waals surface area contributed by atoms with Crippen LogP contribution < -0.4 is 16.4 Å². The van der Waals surface area contributed by atoms with E-state index >= 15 is 0 Å². The van der Waals surface area contributed by atoms with Crippen LogP contribution in [0.3, 0.4) is 0 Å². The van der Waals surface area contributed by atoms with Gasteiger partial charge >= 0.3 is 6.18 Å². The fraction of sp³-hybridized carbons (Fsp3) is 0.148. The van der Waals surface area contributed by atoms with Gasteiger partial charge in [-0.25, -0.2) is 4.98 Å². The fourth-order valence-electron chi connectivity index (χ4n) is 3.46. The molecule has 0 radical (unpaired) electrons. The van der Waals surface area contributed by atoms with E-state index in [1.807, 2.05) is 62.4 Å². The summed E-state index contributed by atoms with van der Waals surface area (Å²) in [5.41, 5.74) is 9.96. The lowest BCUT2D eigenvalue weighted by Gasteiger charge is -2.17. The van der Waals surface area contributed by atoms with E-state index in [0.717, 1.165) is 28.6 Å². The molecule has 0 fully saturated rings. The van der Waals surface area contributed by atoms with Crippen LogP contribution in [0.25, 0.3) is 0 Å². The van der Waals surface area contributed by atoms with Gasteiger partial charge in [0, 0.05) is 16.9 Å². The Kier molecular flexibility index (Phi) is 6.91. The van der Waals surface area contributed by atoms with Crippen molar-refractivity contribution in [2.75, 3.05) is 16.4 Å². The highest BCUT2D eigenvalue weighted by molar-refractivity contribution is 5.83. The number of aromatic nitrogens is 1. The number of halogens is 3. The lowest BCUT2D eigenvalue weighted by atomic mass is 10.1. The third-order valence-corrected chi connectivity index (χ3v) is 5.56. The number of nitrogens with zero attached hydrogens (tertiary/aromatic N) is 3. The number of nitrogens with one attached hydrogen (secondary N) is 2. The van der Waals surface area contributed by atoms with E-state index in [1.165, 1.54) is 18.2 Å². The van der Waals surface area contributed by atoms with Crippen LogP contribution in [0.5, 0.6) is 0 Å². The number of aryl methyl sites for hydroxylation is 2. The highest BCUT2D eigenvalue weighted by Crippen LogP contribution is 2.41. The summed E-state index contributed by atoms with van der Waals surface area (Å²) in [6.45, 7) is 5.68. The molecular weight excluding hydrogens is 465 g/mol. The van der Waals surface area contributed by atoms with Gasteiger partial charge in [-0.05, 0) is 57.2 Å². The Morgan fingerprint density at radius 3 is 1.81 bits per heavy atom. The minimum absolute atomic E-state index is 0.236. The van der Waals surface area contributed by atoms with E-state index in [0.29, 0.717) is 22.9 Å². The van der Waals surface area contributed by atoms with Crippen molar-refractivity contribution in [3.63, 3.8) is 0 Å². The number of benzene rings is 3. The Balaban J connectivity index is 1.79. The van der Waals surface area contributed by atoms with Gasteiger partial charge in [0.25, 0.3) is 0 Å². The Morgan fingerprint density at radius 2 is 1.25 bits per heavy atom. The van der Waals surface area contributed by atoms with Crippen molar-refractivity contribution in [1.29, 1.82) is 0 Å². The van der Waals surface area contributed by atoms with Crippen LogP contribution in [0, 0.1) is 20.8 Å². The average Bonchev–Trinajstić information content (AvgIpc) is 2.84. The molecule has 0 aliphatic carbocycles. The minimum atomic E-state index is -4.56. The van der Waals surface area contributed by atoms with Crippen LogP contribution in [0.4, 0.5) is 53.2 Å².